The van der Waals surface area contributed by atoms with E-state index < -0.39 is 37.1 Å². The molecule has 1 aromatic carbocycles. The third-order valence-electron chi connectivity index (χ3n) is 3.12. The largest absolute Gasteiger partial charge is 0.480 e. The van der Waals surface area contributed by atoms with Crippen molar-refractivity contribution in [2.75, 3.05) is 0 Å². The molecule has 0 aliphatic heterocycles. The minimum absolute atomic E-state index is 0.234. The third kappa shape index (κ3) is 5.55. The Morgan fingerprint density at radius 1 is 1.28 bits per heavy atom. The highest BCUT2D eigenvalue weighted by atomic mass is 19.4. The van der Waals surface area contributed by atoms with Crippen LogP contribution in [0.2, 0.25) is 0 Å². The molecule has 1 unspecified atom stereocenters. The smallest absolute Gasteiger partial charge is 0.391 e. The molecule has 1 amide bonds. The molecule has 1 aromatic heterocycles. The summed E-state index contributed by atoms with van der Waals surface area (Å²) in [6, 6.07) is 5.09. The monoisotopic (exact) mass is 357 g/mol. The van der Waals surface area contributed by atoms with Crippen LogP contribution in [-0.2, 0) is 16.1 Å². The lowest BCUT2D eigenvalue weighted by atomic mass is 10.1. The van der Waals surface area contributed by atoms with Gasteiger partial charge in [-0.3, -0.25) is 4.79 Å². The molecular formula is C14H14F3N5O3. The van der Waals surface area contributed by atoms with E-state index in [1.165, 1.54) is 0 Å². The van der Waals surface area contributed by atoms with Gasteiger partial charge in [0.1, 0.15) is 12.6 Å². The van der Waals surface area contributed by atoms with Crippen LogP contribution >= 0.6 is 0 Å². The van der Waals surface area contributed by atoms with Gasteiger partial charge >= 0.3 is 12.1 Å². The summed E-state index contributed by atoms with van der Waals surface area (Å²) >= 11 is 0. The second-order valence-electron chi connectivity index (χ2n) is 5.29. The highest BCUT2D eigenvalue weighted by Crippen LogP contribution is 2.21. The zero-order valence-electron chi connectivity index (χ0n) is 13.0. The minimum atomic E-state index is -4.72. The number of aromatic nitrogens is 4. The standard InChI is InChI=1S/C14H14F3N5O3/c1-8-2-4-9(5-3-8)12-19-21-22(20-12)7-11(23)18-10(13(24)25)6-14(15,16)17/h2-5,10H,6-7H2,1H3,(H,18,23)(H,24,25). The van der Waals surface area contributed by atoms with Crippen LogP contribution in [0, 0.1) is 6.92 Å². The predicted molar refractivity (Wildman–Crippen MR) is 78.2 cm³/mol. The van der Waals surface area contributed by atoms with E-state index in [1.54, 1.807) is 17.4 Å². The van der Waals surface area contributed by atoms with E-state index in [-0.39, 0.29) is 5.82 Å². The molecule has 0 saturated carbocycles. The van der Waals surface area contributed by atoms with Crippen LogP contribution in [0.4, 0.5) is 13.2 Å². The van der Waals surface area contributed by atoms with Gasteiger partial charge in [0.05, 0.1) is 6.42 Å². The number of carboxylic acids is 1. The molecular weight excluding hydrogens is 343 g/mol. The van der Waals surface area contributed by atoms with Crippen LogP contribution in [0.5, 0.6) is 0 Å². The number of carbonyl (C=O) groups excluding carboxylic acids is 1. The van der Waals surface area contributed by atoms with Gasteiger partial charge in [0, 0.05) is 5.56 Å². The molecule has 1 heterocycles. The van der Waals surface area contributed by atoms with Crippen LogP contribution in [0.15, 0.2) is 24.3 Å². The number of nitrogens with zero attached hydrogens (tertiary/aromatic N) is 4. The molecule has 0 aliphatic rings. The molecule has 134 valence electrons. The fourth-order valence-corrected chi connectivity index (χ4v) is 1.93. The van der Waals surface area contributed by atoms with Crippen molar-refractivity contribution < 1.29 is 27.9 Å². The lowest BCUT2D eigenvalue weighted by Gasteiger charge is -2.15. The fraction of sp³-hybridized carbons (Fsp3) is 0.357. The summed E-state index contributed by atoms with van der Waals surface area (Å²) in [5.41, 5.74) is 1.68. The van der Waals surface area contributed by atoms with Crippen molar-refractivity contribution in [2.24, 2.45) is 0 Å². The zero-order chi connectivity index (χ0) is 18.6. The fourth-order valence-electron chi connectivity index (χ4n) is 1.93. The van der Waals surface area contributed by atoms with Crippen molar-refractivity contribution in [3.8, 4) is 11.4 Å². The zero-order valence-corrected chi connectivity index (χ0v) is 13.0. The lowest BCUT2D eigenvalue weighted by molar-refractivity contribution is -0.160. The maximum absolute atomic E-state index is 12.3. The summed E-state index contributed by atoms with van der Waals surface area (Å²) in [4.78, 5) is 23.4. The maximum atomic E-state index is 12.3. The number of hydrogen-bond acceptors (Lipinski definition) is 5. The lowest BCUT2D eigenvalue weighted by Crippen LogP contribution is -2.45. The van der Waals surface area contributed by atoms with Gasteiger partial charge in [-0.2, -0.15) is 18.0 Å². The summed E-state index contributed by atoms with van der Waals surface area (Å²) < 4.78 is 36.9. The van der Waals surface area contributed by atoms with Crippen molar-refractivity contribution in [2.45, 2.75) is 32.1 Å². The minimum Gasteiger partial charge on any atom is -0.480 e. The summed E-state index contributed by atoms with van der Waals surface area (Å²) in [7, 11) is 0. The molecule has 1 atom stereocenters. The Balaban J connectivity index is 2.00. The molecule has 2 N–H and O–H groups in total. The molecule has 25 heavy (non-hydrogen) atoms. The van der Waals surface area contributed by atoms with Gasteiger partial charge in [0.2, 0.25) is 11.7 Å². The molecule has 8 nitrogen and oxygen atoms in total. The van der Waals surface area contributed by atoms with Crippen LogP contribution in [-0.4, -0.2) is 49.4 Å². The van der Waals surface area contributed by atoms with E-state index in [9.17, 15) is 22.8 Å². The number of halogens is 3. The van der Waals surface area contributed by atoms with E-state index in [0.29, 0.717) is 5.56 Å². The van der Waals surface area contributed by atoms with E-state index >= 15 is 0 Å². The van der Waals surface area contributed by atoms with Crippen LogP contribution < -0.4 is 5.32 Å². The third-order valence-corrected chi connectivity index (χ3v) is 3.12. The number of aliphatic carboxylic acids is 1. The van der Waals surface area contributed by atoms with Gasteiger partial charge < -0.3 is 10.4 Å². The Hall–Kier alpha value is -2.98. The maximum Gasteiger partial charge on any atom is 0.391 e. The topological polar surface area (TPSA) is 110 Å². The van der Waals surface area contributed by atoms with E-state index in [2.05, 4.69) is 15.4 Å². The molecule has 0 spiro atoms. The number of rotatable bonds is 6. The van der Waals surface area contributed by atoms with Crippen molar-refractivity contribution in [1.29, 1.82) is 0 Å². The number of aryl methyl sites for hydroxylation is 1. The first-order valence-corrected chi connectivity index (χ1v) is 7.08. The number of tetrazole rings is 1. The summed E-state index contributed by atoms with van der Waals surface area (Å²) in [5.74, 6) is -2.51. The van der Waals surface area contributed by atoms with Gasteiger partial charge in [0.25, 0.3) is 0 Å². The quantitative estimate of drug-likeness (QED) is 0.803. The van der Waals surface area contributed by atoms with Crippen molar-refractivity contribution in [3.63, 3.8) is 0 Å². The van der Waals surface area contributed by atoms with Gasteiger partial charge in [-0.25, -0.2) is 4.79 Å². The number of carboxylic acid groups (broad SMARTS) is 1. The van der Waals surface area contributed by atoms with Crippen LogP contribution in [0.3, 0.4) is 0 Å². The first-order valence-electron chi connectivity index (χ1n) is 7.08. The van der Waals surface area contributed by atoms with Gasteiger partial charge in [0.15, 0.2) is 0 Å². The van der Waals surface area contributed by atoms with E-state index in [4.69, 9.17) is 5.11 Å². The Morgan fingerprint density at radius 2 is 1.92 bits per heavy atom. The van der Waals surface area contributed by atoms with Crippen molar-refractivity contribution in [1.82, 2.24) is 25.5 Å². The Bertz CT molecular complexity index is 758. The number of alkyl halides is 3. The number of amides is 1. The highest BCUT2D eigenvalue weighted by molar-refractivity contribution is 5.83. The average molecular weight is 357 g/mol. The highest BCUT2D eigenvalue weighted by Gasteiger charge is 2.36. The normalized spacial score (nSPS) is 12.6. The summed E-state index contributed by atoms with van der Waals surface area (Å²) in [6.45, 7) is 1.35. The molecule has 0 saturated heterocycles. The number of carbonyl (C=O) groups is 2. The van der Waals surface area contributed by atoms with Crippen LogP contribution in [0.1, 0.15) is 12.0 Å². The Kier molecular flexibility index (Phi) is 5.35. The Labute approximate surface area is 139 Å². The first-order chi connectivity index (χ1) is 11.6. The van der Waals surface area contributed by atoms with Crippen LogP contribution in [0.25, 0.3) is 11.4 Å². The molecule has 2 aromatic rings. The second-order valence-corrected chi connectivity index (χ2v) is 5.29. The Morgan fingerprint density at radius 3 is 2.48 bits per heavy atom. The molecule has 0 aliphatic carbocycles. The molecule has 0 radical (unpaired) electrons. The molecule has 11 heteroatoms. The average Bonchev–Trinajstić information content (AvgIpc) is 2.94. The van der Waals surface area contributed by atoms with E-state index in [0.717, 1.165) is 10.4 Å². The van der Waals surface area contributed by atoms with Gasteiger partial charge in [-0.15, -0.1) is 10.2 Å². The van der Waals surface area contributed by atoms with E-state index in [1.807, 2.05) is 19.1 Å². The SMILES string of the molecule is Cc1ccc(-c2nnn(CC(=O)NC(CC(F)(F)F)C(=O)O)n2)cc1. The number of benzene rings is 1. The first kappa shape index (κ1) is 18.4. The molecule has 2 rings (SSSR count). The predicted octanol–water partition coefficient (Wildman–Crippen LogP) is 1.17. The number of nitrogens with one attached hydrogen (secondary N) is 1. The summed E-state index contributed by atoms with van der Waals surface area (Å²) in [5, 5.41) is 21.9. The molecule has 0 fully saturated rings. The van der Waals surface area contributed by atoms with Crippen molar-refractivity contribution in [3.05, 3.63) is 29.8 Å². The molecule has 0 bridgehead atoms. The second kappa shape index (κ2) is 7.28. The van der Waals surface area contributed by atoms with Gasteiger partial charge in [-0.05, 0) is 12.1 Å². The summed E-state index contributed by atoms with van der Waals surface area (Å²) in [6.07, 6.45) is -6.39. The van der Waals surface area contributed by atoms with Crippen molar-refractivity contribution >= 4 is 11.9 Å². The van der Waals surface area contributed by atoms with Gasteiger partial charge in [-0.1, -0.05) is 29.8 Å². The number of hydrogen-bond donors (Lipinski definition) is 2.